The quantitative estimate of drug-likeness (QED) is 0.0320. The number of carbonyl (C=O) groups excluding carboxylic acids is 2. The van der Waals surface area contributed by atoms with E-state index in [2.05, 4.69) is 19.2 Å². The van der Waals surface area contributed by atoms with E-state index in [9.17, 15) is 19.8 Å². The Labute approximate surface area is 520 Å². The van der Waals surface area contributed by atoms with Crippen molar-refractivity contribution in [2.75, 3.05) is 13.2 Å². The van der Waals surface area contributed by atoms with Gasteiger partial charge in [-0.05, 0) is 32.1 Å². The monoisotopic (exact) mass is 1170 g/mol. The molecule has 1 amide bonds. The number of carbonyl (C=O) groups is 2. The molecule has 2 unspecified atom stereocenters. The topological polar surface area (TPSA) is 95.9 Å². The number of nitrogens with one attached hydrogen (secondary N) is 1. The Morgan fingerprint density at radius 1 is 0.325 bits per heavy atom. The molecular formula is C77H151NO5. The molecule has 3 N–H and O–H groups in total. The van der Waals surface area contributed by atoms with Crippen molar-refractivity contribution < 1.29 is 24.5 Å². The first-order chi connectivity index (χ1) is 41.0. The van der Waals surface area contributed by atoms with E-state index in [0.717, 1.165) is 38.5 Å². The van der Waals surface area contributed by atoms with Crippen LogP contribution in [0, 0.1) is 0 Å². The number of unbranched alkanes of at least 4 members (excludes halogenated alkanes) is 62. The molecule has 0 spiro atoms. The van der Waals surface area contributed by atoms with Crippen LogP contribution in [0.5, 0.6) is 0 Å². The van der Waals surface area contributed by atoms with Crippen LogP contribution < -0.4 is 5.32 Å². The van der Waals surface area contributed by atoms with Gasteiger partial charge >= 0.3 is 5.97 Å². The van der Waals surface area contributed by atoms with Gasteiger partial charge in [0.1, 0.15) is 0 Å². The number of amides is 1. The lowest BCUT2D eigenvalue weighted by Crippen LogP contribution is -2.45. The fourth-order valence-corrected chi connectivity index (χ4v) is 12.5. The van der Waals surface area contributed by atoms with E-state index in [1.54, 1.807) is 6.08 Å². The molecule has 2 atom stereocenters. The summed E-state index contributed by atoms with van der Waals surface area (Å²) in [4.78, 5) is 24.7. The van der Waals surface area contributed by atoms with Crippen molar-refractivity contribution in [2.24, 2.45) is 0 Å². The smallest absolute Gasteiger partial charge is 0.305 e. The second kappa shape index (κ2) is 73.1. The van der Waals surface area contributed by atoms with Crippen LogP contribution in [0.2, 0.25) is 0 Å². The number of esters is 1. The Bertz CT molecular complexity index is 1260. The van der Waals surface area contributed by atoms with Crippen LogP contribution in [0.25, 0.3) is 0 Å². The number of hydrogen-bond acceptors (Lipinski definition) is 5. The summed E-state index contributed by atoms with van der Waals surface area (Å²) in [5.74, 6) is -0.0356. The Morgan fingerprint density at radius 2 is 0.554 bits per heavy atom. The summed E-state index contributed by atoms with van der Waals surface area (Å²) in [7, 11) is 0. The minimum atomic E-state index is -0.842. The first kappa shape index (κ1) is 81.6. The fourth-order valence-electron chi connectivity index (χ4n) is 12.5. The van der Waals surface area contributed by atoms with Gasteiger partial charge in [-0.15, -0.1) is 0 Å². The van der Waals surface area contributed by atoms with E-state index in [1.807, 2.05) is 6.08 Å². The van der Waals surface area contributed by atoms with Gasteiger partial charge in [0.25, 0.3) is 0 Å². The third-order valence-corrected chi connectivity index (χ3v) is 18.3. The molecular weight excluding hydrogens is 1020 g/mol. The van der Waals surface area contributed by atoms with E-state index < -0.39 is 12.1 Å². The van der Waals surface area contributed by atoms with Crippen LogP contribution in [0.1, 0.15) is 444 Å². The largest absolute Gasteiger partial charge is 0.466 e. The number of rotatable bonds is 73. The van der Waals surface area contributed by atoms with Gasteiger partial charge in [-0.3, -0.25) is 9.59 Å². The van der Waals surface area contributed by atoms with Gasteiger partial charge in [0.15, 0.2) is 0 Å². The fraction of sp³-hybridized carbons (Fsp3) is 0.948. The SMILES string of the molecule is CCCCCCCCCCCCCCCCCCC/C=C/C(O)C(CO)NC(=O)CCCCCCCCCCCCCCCCCCCCCCCCCCCCCCOC(=O)CCCCCCCCCCCCCCCCCCCCC. The predicted octanol–water partition coefficient (Wildman–Crippen LogP) is 25.1. The van der Waals surface area contributed by atoms with E-state index in [4.69, 9.17) is 4.74 Å². The molecule has 0 fully saturated rings. The van der Waals surface area contributed by atoms with Crippen molar-refractivity contribution in [3.63, 3.8) is 0 Å². The van der Waals surface area contributed by atoms with E-state index >= 15 is 0 Å². The molecule has 0 aromatic rings. The summed E-state index contributed by atoms with van der Waals surface area (Å²) in [6, 6.07) is -0.625. The third-order valence-electron chi connectivity index (χ3n) is 18.3. The van der Waals surface area contributed by atoms with Crippen LogP contribution in [-0.2, 0) is 14.3 Å². The number of ether oxygens (including phenoxy) is 1. The van der Waals surface area contributed by atoms with Gasteiger partial charge in [-0.25, -0.2) is 0 Å². The summed E-state index contributed by atoms with van der Waals surface area (Å²) in [6.07, 6.45) is 91.8. The molecule has 0 saturated carbocycles. The Morgan fingerprint density at radius 3 is 0.819 bits per heavy atom. The zero-order valence-electron chi connectivity index (χ0n) is 56.7. The van der Waals surface area contributed by atoms with Crippen LogP contribution in [0.4, 0.5) is 0 Å². The van der Waals surface area contributed by atoms with Gasteiger partial charge in [0.2, 0.25) is 5.91 Å². The lowest BCUT2D eigenvalue weighted by molar-refractivity contribution is -0.143. The van der Waals surface area contributed by atoms with E-state index in [0.29, 0.717) is 19.4 Å². The molecule has 0 aliphatic rings. The zero-order valence-corrected chi connectivity index (χ0v) is 56.7. The zero-order chi connectivity index (χ0) is 59.9. The van der Waals surface area contributed by atoms with Gasteiger partial charge in [0, 0.05) is 12.8 Å². The molecule has 0 radical (unpaired) electrons. The molecule has 0 aliphatic carbocycles. The summed E-state index contributed by atoms with van der Waals surface area (Å²) in [6.45, 7) is 4.96. The van der Waals surface area contributed by atoms with E-state index in [-0.39, 0.29) is 18.5 Å². The number of aliphatic hydroxyl groups excluding tert-OH is 2. The van der Waals surface area contributed by atoms with Crippen LogP contribution in [0.3, 0.4) is 0 Å². The van der Waals surface area contributed by atoms with Crippen molar-refractivity contribution in [2.45, 2.75) is 456 Å². The molecule has 0 heterocycles. The predicted molar refractivity (Wildman–Crippen MR) is 366 cm³/mol. The number of hydrogen-bond donors (Lipinski definition) is 3. The normalized spacial score (nSPS) is 12.5. The highest BCUT2D eigenvalue weighted by molar-refractivity contribution is 5.76. The third kappa shape index (κ3) is 69.6. The molecule has 83 heavy (non-hydrogen) atoms. The maximum Gasteiger partial charge on any atom is 0.305 e. The summed E-state index contributed by atoms with van der Waals surface area (Å²) in [5.41, 5.74) is 0. The summed E-state index contributed by atoms with van der Waals surface area (Å²) < 4.78 is 5.52. The number of aliphatic hydroxyl groups is 2. The second-order valence-electron chi connectivity index (χ2n) is 26.7. The van der Waals surface area contributed by atoms with Crippen molar-refractivity contribution in [1.82, 2.24) is 5.32 Å². The maximum absolute atomic E-state index is 12.5. The van der Waals surface area contributed by atoms with Gasteiger partial charge in [0.05, 0.1) is 25.4 Å². The molecule has 0 aromatic carbocycles. The van der Waals surface area contributed by atoms with Crippen LogP contribution >= 0.6 is 0 Å². The first-order valence-electron chi connectivity index (χ1n) is 38.5. The standard InChI is InChI=1S/C77H151NO5/c1-3-5-7-9-11-13-15-17-19-21-33-37-41-45-49-53-57-61-65-69-75(80)74(73-79)78-76(81)70-66-62-58-54-50-46-42-38-35-31-29-27-25-23-24-26-28-30-32-36-40-44-48-52-56-60-64-68-72-83-77(82)71-67-63-59-55-51-47-43-39-34-22-20-18-16-14-12-10-8-6-4-2/h65,69,74-75,79-80H,3-64,66-68,70-73H2,1-2H3,(H,78,81)/b69-65+. The van der Waals surface area contributed by atoms with Crippen molar-refractivity contribution in [3.8, 4) is 0 Å². The molecule has 0 aromatic heterocycles. The first-order valence-corrected chi connectivity index (χ1v) is 38.5. The van der Waals surface area contributed by atoms with Gasteiger partial charge in [-0.2, -0.15) is 0 Å². The van der Waals surface area contributed by atoms with Crippen molar-refractivity contribution in [3.05, 3.63) is 12.2 Å². The molecule has 6 heteroatoms. The van der Waals surface area contributed by atoms with Crippen LogP contribution in [0.15, 0.2) is 12.2 Å². The second-order valence-corrected chi connectivity index (χ2v) is 26.7. The Hall–Kier alpha value is -1.40. The number of allylic oxidation sites excluding steroid dienone is 1. The highest BCUT2D eigenvalue weighted by Crippen LogP contribution is 2.20. The minimum Gasteiger partial charge on any atom is -0.466 e. The molecule has 6 nitrogen and oxygen atoms in total. The lowest BCUT2D eigenvalue weighted by Gasteiger charge is -2.20. The lowest BCUT2D eigenvalue weighted by atomic mass is 10.0. The van der Waals surface area contributed by atoms with Crippen molar-refractivity contribution in [1.29, 1.82) is 0 Å². The Kier molecular flexibility index (Phi) is 71.8. The molecule has 0 saturated heterocycles. The average Bonchev–Trinajstić information content (AvgIpc) is 3.49. The highest BCUT2D eigenvalue weighted by atomic mass is 16.5. The minimum absolute atomic E-state index is 0.0245. The molecule has 494 valence electrons. The molecule has 0 rings (SSSR count). The van der Waals surface area contributed by atoms with Gasteiger partial charge in [-0.1, -0.05) is 411 Å². The Balaban J connectivity index is 3.34. The van der Waals surface area contributed by atoms with Crippen LogP contribution in [-0.4, -0.2) is 47.4 Å². The summed E-state index contributed by atoms with van der Waals surface area (Å²) in [5, 5.41) is 23.3. The summed E-state index contributed by atoms with van der Waals surface area (Å²) >= 11 is 0. The van der Waals surface area contributed by atoms with E-state index in [1.165, 1.54) is 379 Å². The van der Waals surface area contributed by atoms with Gasteiger partial charge < -0.3 is 20.3 Å². The molecule has 0 bridgehead atoms. The maximum atomic E-state index is 12.5. The average molecular weight is 1170 g/mol. The highest BCUT2D eigenvalue weighted by Gasteiger charge is 2.18. The molecule has 0 aliphatic heterocycles. The van der Waals surface area contributed by atoms with Crippen molar-refractivity contribution >= 4 is 11.9 Å².